The van der Waals surface area contributed by atoms with Crippen molar-refractivity contribution in [2.75, 3.05) is 11.9 Å². The lowest BCUT2D eigenvalue weighted by atomic mass is 10.1. The molecule has 0 radical (unpaired) electrons. The fraction of sp³-hybridized carbons (Fsp3) is 0.250. The SMILES string of the molecule is Cc1ccc(N(C)Cc2ccc(Cl)cc2)c(CBr)c1. The normalized spacial score (nSPS) is 10.5. The molecule has 3 heteroatoms. The van der Waals surface area contributed by atoms with Crippen LogP contribution in [0.25, 0.3) is 0 Å². The van der Waals surface area contributed by atoms with Crippen molar-refractivity contribution in [3.05, 3.63) is 64.2 Å². The van der Waals surface area contributed by atoms with Crippen molar-refractivity contribution in [2.24, 2.45) is 0 Å². The van der Waals surface area contributed by atoms with Crippen LogP contribution in [0.1, 0.15) is 16.7 Å². The van der Waals surface area contributed by atoms with E-state index >= 15 is 0 Å². The smallest absolute Gasteiger partial charge is 0.0426 e. The third kappa shape index (κ3) is 3.74. The second kappa shape index (κ2) is 6.44. The molecule has 2 aromatic carbocycles. The number of halogens is 2. The Hall–Kier alpha value is -0.990. The van der Waals surface area contributed by atoms with E-state index in [2.05, 4.69) is 65.1 Å². The van der Waals surface area contributed by atoms with Crippen LogP contribution in [0.3, 0.4) is 0 Å². The third-order valence-electron chi connectivity index (χ3n) is 3.12. The van der Waals surface area contributed by atoms with Crippen molar-refractivity contribution in [1.82, 2.24) is 0 Å². The van der Waals surface area contributed by atoms with Gasteiger partial charge in [-0.05, 0) is 36.2 Å². The standard InChI is InChI=1S/C16H17BrClN/c1-12-3-8-16(14(9-12)10-17)19(2)11-13-4-6-15(18)7-5-13/h3-9H,10-11H2,1-2H3. The van der Waals surface area contributed by atoms with Crippen LogP contribution in [0, 0.1) is 6.92 Å². The molecule has 2 rings (SSSR count). The molecule has 0 N–H and O–H groups in total. The highest BCUT2D eigenvalue weighted by molar-refractivity contribution is 9.08. The average Bonchev–Trinajstić information content (AvgIpc) is 2.41. The Bertz CT molecular complexity index is 551. The van der Waals surface area contributed by atoms with Crippen LogP contribution < -0.4 is 4.90 Å². The van der Waals surface area contributed by atoms with E-state index in [1.165, 1.54) is 22.4 Å². The summed E-state index contributed by atoms with van der Waals surface area (Å²) in [4.78, 5) is 2.26. The van der Waals surface area contributed by atoms with E-state index in [-0.39, 0.29) is 0 Å². The predicted molar refractivity (Wildman–Crippen MR) is 87.4 cm³/mol. The Labute approximate surface area is 128 Å². The number of benzene rings is 2. The minimum absolute atomic E-state index is 0.780. The van der Waals surface area contributed by atoms with Crippen LogP contribution >= 0.6 is 27.5 Å². The van der Waals surface area contributed by atoms with E-state index < -0.39 is 0 Å². The number of hydrogen-bond donors (Lipinski definition) is 0. The molecule has 0 bridgehead atoms. The van der Waals surface area contributed by atoms with Gasteiger partial charge < -0.3 is 4.90 Å². The molecule has 0 saturated heterocycles. The largest absolute Gasteiger partial charge is 0.370 e. The molecule has 0 heterocycles. The summed E-state index contributed by atoms with van der Waals surface area (Å²) in [6.45, 7) is 3.00. The maximum atomic E-state index is 5.91. The van der Waals surface area contributed by atoms with Gasteiger partial charge in [-0.15, -0.1) is 0 Å². The molecule has 0 amide bonds. The zero-order valence-corrected chi connectivity index (χ0v) is 13.5. The van der Waals surface area contributed by atoms with Crippen molar-refractivity contribution < 1.29 is 0 Å². The minimum Gasteiger partial charge on any atom is -0.370 e. The molecule has 0 saturated carbocycles. The van der Waals surface area contributed by atoms with Gasteiger partial charge in [-0.1, -0.05) is 57.4 Å². The summed E-state index contributed by atoms with van der Waals surface area (Å²) in [6.07, 6.45) is 0. The van der Waals surface area contributed by atoms with Crippen LogP contribution in [0.15, 0.2) is 42.5 Å². The second-order valence-corrected chi connectivity index (χ2v) is 5.75. The number of rotatable bonds is 4. The molecule has 1 nitrogen and oxygen atoms in total. The van der Waals surface area contributed by atoms with Crippen molar-refractivity contribution in [1.29, 1.82) is 0 Å². The molecule has 0 atom stereocenters. The molecule has 100 valence electrons. The van der Waals surface area contributed by atoms with Crippen LogP contribution in [0.5, 0.6) is 0 Å². The van der Waals surface area contributed by atoms with E-state index in [4.69, 9.17) is 11.6 Å². The summed E-state index contributed by atoms with van der Waals surface area (Å²) in [5.74, 6) is 0. The molecule has 0 spiro atoms. The van der Waals surface area contributed by atoms with Crippen LogP contribution in [0.2, 0.25) is 5.02 Å². The van der Waals surface area contributed by atoms with Gasteiger partial charge in [0.15, 0.2) is 0 Å². The lowest BCUT2D eigenvalue weighted by Gasteiger charge is -2.22. The Kier molecular flexibility index (Phi) is 4.89. The topological polar surface area (TPSA) is 3.24 Å². The Morgan fingerprint density at radius 3 is 2.42 bits per heavy atom. The molecule has 19 heavy (non-hydrogen) atoms. The van der Waals surface area contributed by atoms with Gasteiger partial charge in [0, 0.05) is 29.6 Å². The van der Waals surface area contributed by atoms with E-state index in [0.29, 0.717) is 0 Å². The number of alkyl halides is 1. The van der Waals surface area contributed by atoms with Gasteiger partial charge >= 0.3 is 0 Å². The lowest BCUT2D eigenvalue weighted by Crippen LogP contribution is -2.17. The molecule has 0 aliphatic carbocycles. The Morgan fingerprint density at radius 2 is 1.79 bits per heavy atom. The summed E-state index contributed by atoms with van der Waals surface area (Å²) < 4.78 is 0. The van der Waals surface area contributed by atoms with Crippen LogP contribution in [-0.2, 0) is 11.9 Å². The number of anilines is 1. The van der Waals surface area contributed by atoms with Gasteiger partial charge in [0.05, 0.1) is 0 Å². The van der Waals surface area contributed by atoms with Crippen molar-refractivity contribution in [3.63, 3.8) is 0 Å². The minimum atomic E-state index is 0.780. The number of aryl methyl sites for hydroxylation is 1. The monoisotopic (exact) mass is 337 g/mol. The first-order chi connectivity index (χ1) is 9.10. The van der Waals surface area contributed by atoms with Crippen LogP contribution in [0.4, 0.5) is 5.69 Å². The molecule has 2 aromatic rings. The summed E-state index contributed by atoms with van der Waals surface area (Å²) in [7, 11) is 2.12. The molecule has 0 aromatic heterocycles. The van der Waals surface area contributed by atoms with E-state index in [1.807, 2.05) is 12.1 Å². The van der Waals surface area contributed by atoms with Crippen molar-refractivity contribution in [2.45, 2.75) is 18.8 Å². The lowest BCUT2D eigenvalue weighted by molar-refractivity contribution is 0.916. The molecule has 0 fully saturated rings. The fourth-order valence-corrected chi connectivity index (χ4v) is 2.72. The van der Waals surface area contributed by atoms with Gasteiger partial charge in [-0.25, -0.2) is 0 Å². The van der Waals surface area contributed by atoms with Crippen molar-refractivity contribution >= 4 is 33.2 Å². The van der Waals surface area contributed by atoms with Gasteiger partial charge in [0.1, 0.15) is 0 Å². The van der Waals surface area contributed by atoms with E-state index in [0.717, 1.165) is 16.9 Å². The third-order valence-corrected chi connectivity index (χ3v) is 3.98. The number of nitrogens with zero attached hydrogens (tertiary/aromatic N) is 1. The average molecular weight is 339 g/mol. The van der Waals surface area contributed by atoms with Gasteiger partial charge in [-0.3, -0.25) is 0 Å². The maximum Gasteiger partial charge on any atom is 0.0426 e. The molecule has 0 aliphatic rings. The second-order valence-electron chi connectivity index (χ2n) is 4.75. The fourth-order valence-electron chi connectivity index (χ4n) is 2.14. The summed E-state index contributed by atoms with van der Waals surface area (Å²) in [6, 6.07) is 14.6. The summed E-state index contributed by atoms with van der Waals surface area (Å²) in [5, 5.41) is 1.65. The van der Waals surface area contributed by atoms with E-state index in [9.17, 15) is 0 Å². The quantitative estimate of drug-likeness (QED) is 0.694. The Morgan fingerprint density at radius 1 is 1.11 bits per heavy atom. The zero-order chi connectivity index (χ0) is 13.8. The molecule has 0 unspecified atom stereocenters. The first-order valence-corrected chi connectivity index (χ1v) is 7.71. The molecular weight excluding hydrogens is 322 g/mol. The van der Waals surface area contributed by atoms with Crippen molar-refractivity contribution in [3.8, 4) is 0 Å². The number of hydrogen-bond acceptors (Lipinski definition) is 1. The van der Waals surface area contributed by atoms with Gasteiger partial charge in [0.2, 0.25) is 0 Å². The molecule has 0 aliphatic heterocycles. The zero-order valence-electron chi connectivity index (χ0n) is 11.2. The van der Waals surface area contributed by atoms with Gasteiger partial charge in [0.25, 0.3) is 0 Å². The van der Waals surface area contributed by atoms with Gasteiger partial charge in [-0.2, -0.15) is 0 Å². The highest BCUT2D eigenvalue weighted by Gasteiger charge is 2.07. The van der Waals surface area contributed by atoms with Crippen LogP contribution in [-0.4, -0.2) is 7.05 Å². The summed E-state index contributed by atoms with van der Waals surface area (Å²) in [5.41, 5.74) is 5.12. The van der Waals surface area contributed by atoms with E-state index in [1.54, 1.807) is 0 Å². The first-order valence-electron chi connectivity index (χ1n) is 6.21. The first kappa shape index (κ1) is 14.4. The predicted octanol–water partition coefficient (Wildman–Crippen LogP) is 5.18. The summed E-state index contributed by atoms with van der Waals surface area (Å²) >= 11 is 9.47. The highest BCUT2D eigenvalue weighted by Crippen LogP contribution is 2.25. The highest BCUT2D eigenvalue weighted by atomic mass is 79.9. The molecular formula is C16H17BrClN. The Balaban J connectivity index is 2.19. The maximum absolute atomic E-state index is 5.91.